The van der Waals surface area contributed by atoms with Crippen LogP contribution in [0.15, 0.2) is 11.8 Å². The molecule has 0 aromatic heterocycles. The smallest absolute Gasteiger partial charge is 0.136 e. The number of hydrogen-bond acceptors (Lipinski definition) is 2. The molecule has 1 rings (SSSR count). The highest BCUT2D eigenvalue weighted by Gasteiger charge is 2.30. The van der Waals surface area contributed by atoms with E-state index in [1.807, 2.05) is 17.9 Å². The minimum Gasteiger partial charge on any atom is -0.395 e. The molecule has 1 aliphatic rings. The van der Waals surface area contributed by atoms with Crippen molar-refractivity contribution in [2.45, 2.75) is 10.7 Å². The quantitative estimate of drug-likeness (QED) is 0.740. The molecule has 0 saturated carbocycles. The third kappa shape index (κ3) is 2.36. The topological polar surface area (TPSA) is 23.5 Å². The average Bonchev–Trinajstić information content (AvgIpc) is 2.07. The van der Waals surface area contributed by atoms with Gasteiger partial charge in [0.15, 0.2) is 0 Å². The molecule has 0 aliphatic carbocycles. The second-order valence-electron chi connectivity index (χ2n) is 2.69. The van der Waals surface area contributed by atoms with Crippen molar-refractivity contribution in [3.63, 3.8) is 0 Å². The minimum atomic E-state index is -0.424. The Kier molecular flexibility index (Phi) is 2.84. The van der Waals surface area contributed by atoms with Crippen LogP contribution in [-0.4, -0.2) is 33.5 Å². The number of aliphatic hydroxyl groups is 1. The minimum absolute atomic E-state index is 0.172. The van der Waals surface area contributed by atoms with Crippen LogP contribution in [0.3, 0.4) is 0 Å². The lowest BCUT2D eigenvalue weighted by Gasteiger charge is -2.20. The van der Waals surface area contributed by atoms with E-state index in [1.165, 1.54) is 0 Å². The van der Waals surface area contributed by atoms with Gasteiger partial charge in [0, 0.05) is 12.2 Å². The second-order valence-corrected chi connectivity index (χ2v) is 5.24. The molecule has 0 radical (unpaired) electrons. The molecular weight excluding hydrogens is 229 g/mol. The van der Waals surface area contributed by atoms with Crippen molar-refractivity contribution in [2.75, 3.05) is 19.7 Å². The molecule has 0 spiro atoms. The zero-order valence-corrected chi connectivity index (χ0v) is 8.69. The maximum atomic E-state index is 8.69. The van der Waals surface area contributed by atoms with Crippen LogP contribution in [0.4, 0.5) is 0 Å². The van der Waals surface area contributed by atoms with Crippen LogP contribution in [0, 0.1) is 0 Å². The molecule has 1 unspecified atom stereocenters. The highest BCUT2D eigenvalue weighted by molar-refractivity contribution is 9.10. The molecule has 11 heavy (non-hydrogen) atoms. The molecule has 0 amide bonds. The third-order valence-electron chi connectivity index (χ3n) is 1.69. The summed E-state index contributed by atoms with van der Waals surface area (Å²) >= 11 is 9.37. The fourth-order valence-corrected chi connectivity index (χ4v) is 2.13. The number of allylic oxidation sites excluding steroid dienone is 1. The summed E-state index contributed by atoms with van der Waals surface area (Å²) < 4.78 is -0.424. The van der Waals surface area contributed by atoms with Crippen LogP contribution in [0.5, 0.6) is 0 Å². The maximum absolute atomic E-state index is 8.69. The molecular formula is C7H11BrClNO. The zero-order valence-electron chi connectivity index (χ0n) is 6.35. The SMILES string of the molecule is CC1=CC(Cl)(Br)CN1CCO. The lowest BCUT2D eigenvalue weighted by molar-refractivity contribution is 0.235. The summed E-state index contributed by atoms with van der Waals surface area (Å²) in [6.45, 7) is 3.54. The Morgan fingerprint density at radius 1 is 1.91 bits per heavy atom. The highest BCUT2D eigenvalue weighted by atomic mass is 79.9. The molecule has 0 fully saturated rings. The van der Waals surface area contributed by atoms with Gasteiger partial charge in [0.25, 0.3) is 0 Å². The molecule has 2 nitrogen and oxygen atoms in total. The molecule has 1 N–H and O–H groups in total. The van der Waals surface area contributed by atoms with Crippen LogP contribution >= 0.6 is 27.5 Å². The fraction of sp³-hybridized carbons (Fsp3) is 0.714. The van der Waals surface area contributed by atoms with E-state index in [2.05, 4.69) is 15.9 Å². The lowest BCUT2D eigenvalue weighted by atomic mass is 10.4. The van der Waals surface area contributed by atoms with Crippen molar-refractivity contribution in [1.29, 1.82) is 0 Å². The predicted molar refractivity (Wildman–Crippen MR) is 49.9 cm³/mol. The molecule has 0 saturated heterocycles. The van der Waals surface area contributed by atoms with Gasteiger partial charge in [-0.2, -0.15) is 0 Å². The van der Waals surface area contributed by atoms with E-state index in [0.717, 1.165) is 12.2 Å². The Bertz CT molecular complexity index is 181. The molecule has 4 heteroatoms. The van der Waals surface area contributed by atoms with Gasteiger partial charge >= 0.3 is 0 Å². The summed E-state index contributed by atoms with van der Waals surface area (Å²) in [5.74, 6) is 0. The van der Waals surface area contributed by atoms with Gasteiger partial charge in [-0.3, -0.25) is 0 Å². The van der Waals surface area contributed by atoms with Crippen LogP contribution in [0.2, 0.25) is 0 Å². The Morgan fingerprint density at radius 3 is 2.91 bits per heavy atom. The van der Waals surface area contributed by atoms with E-state index >= 15 is 0 Å². The lowest BCUT2D eigenvalue weighted by Crippen LogP contribution is -2.27. The largest absolute Gasteiger partial charge is 0.395 e. The first-order chi connectivity index (χ1) is 5.05. The number of hydrogen-bond donors (Lipinski definition) is 1. The van der Waals surface area contributed by atoms with E-state index in [4.69, 9.17) is 16.7 Å². The van der Waals surface area contributed by atoms with Crippen LogP contribution < -0.4 is 0 Å². The Morgan fingerprint density at radius 2 is 2.55 bits per heavy atom. The summed E-state index contributed by atoms with van der Waals surface area (Å²) in [7, 11) is 0. The van der Waals surface area contributed by atoms with Crippen molar-refractivity contribution in [3.8, 4) is 0 Å². The van der Waals surface area contributed by atoms with Crippen LogP contribution in [0.25, 0.3) is 0 Å². The van der Waals surface area contributed by atoms with E-state index < -0.39 is 3.78 Å². The summed E-state index contributed by atoms with van der Waals surface area (Å²) in [5.41, 5.74) is 1.12. The Labute approximate surface area is 80.0 Å². The molecule has 0 aromatic carbocycles. The first-order valence-electron chi connectivity index (χ1n) is 3.48. The van der Waals surface area contributed by atoms with E-state index in [-0.39, 0.29) is 6.61 Å². The Balaban J connectivity index is 2.57. The number of rotatable bonds is 2. The molecule has 0 aromatic rings. The van der Waals surface area contributed by atoms with Gasteiger partial charge < -0.3 is 10.0 Å². The summed E-state index contributed by atoms with van der Waals surface area (Å²) in [6, 6.07) is 0. The van der Waals surface area contributed by atoms with Crippen molar-refractivity contribution in [1.82, 2.24) is 4.90 Å². The van der Waals surface area contributed by atoms with Gasteiger partial charge in [0.2, 0.25) is 0 Å². The van der Waals surface area contributed by atoms with Gasteiger partial charge in [0.05, 0.1) is 13.2 Å². The van der Waals surface area contributed by atoms with Gasteiger partial charge in [-0.25, -0.2) is 0 Å². The third-order valence-corrected chi connectivity index (χ3v) is 2.40. The molecule has 1 aliphatic heterocycles. The molecule has 0 bridgehead atoms. The maximum Gasteiger partial charge on any atom is 0.136 e. The van der Waals surface area contributed by atoms with Gasteiger partial charge in [-0.1, -0.05) is 15.9 Å². The van der Waals surface area contributed by atoms with Gasteiger partial charge in [0.1, 0.15) is 3.78 Å². The van der Waals surface area contributed by atoms with Crippen LogP contribution in [-0.2, 0) is 0 Å². The van der Waals surface area contributed by atoms with Crippen molar-refractivity contribution in [3.05, 3.63) is 11.8 Å². The van der Waals surface area contributed by atoms with Crippen molar-refractivity contribution >= 4 is 27.5 Å². The summed E-state index contributed by atoms with van der Waals surface area (Å²) in [6.07, 6.45) is 1.95. The first kappa shape index (κ1) is 9.36. The average molecular weight is 241 g/mol. The van der Waals surface area contributed by atoms with Crippen molar-refractivity contribution in [2.24, 2.45) is 0 Å². The van der Waals surface area contributed by atoms with Crippen LogP contribution in [0.1, 0.15) is 6.92 Å². The van der Waals surface area contributed by atoms with E-state index in [1.54, 1.807) is 0 Å². The molecule has 1 heterocycles. The second kappa shape index (κ2) is 3.33. The fourth-order valence-electron chi connectivity index (χ4n) is 1.20. The van der Waals surface area contributed by atoms with E-state index in [9.17, 15) is 0 Å². The number of alkyl halides is 2. The Hall–Kier alpha value is 0.270. The predicted octanol–water partition coefficient (Wildman–Crippen LogP) is 1.53. The molecule has 1 atom stereocenters. The standard InChI is InChI=1S/C7H11BrClNO/c1-6-4-7(8,9)5-10(6)2-3-11/h4,11H,2-3,5H2,1H3. The highest BCUT2D eigenvalue weighted by Crippen LogP contribution is 2.34. The van der Waals surface area contributed by atoms with Gasteiger partial charge in [-0.15, -0.1) is 11.6 Å². The zero-order chi connectivity index (χ0) is 8.48. The first-order valence-corrected chi connectivity index (χ1v) is 4.65. The van der Waals surface area contributed by atoms with E-state index in [0.29, 0.717) is 6.54 Å². The summed E-state index contributed by atoms with van der Waals surface area (Å²) in [5, 5.41) is 8.69. The number of halogens is 2. The van der Waals surface area contributed by atoms with Gasteiger partial charge in [-0.05, 0) is 13.0 Å². The molecule has 64 valence electrons. The normalized spacial score (nSPS) is 30.9. The van der Waals surface area contributed by atoms with Crippen molar-refractivity contribution < 1.29 is 5.11 Å². The number of β-amino-alcohol motifs (C(OH)–C–C–N with tert-alkyl or cyclic N) is 1. The summed E-state index contributed by atoms with van der Waals surface area (Å²) in [4.78, 5) is 2.04. The monoisotopic (exact) mass is 239 g/mol. The number of aliphatic hydroxyl groups excluding tert-OH is 1. The number of nitrogens with zero attached hydrogens (tertiary/aromatic N) is 1.